The molecule has 2 aliphatic heterocycles. The molecule has 4 nitrogen and oxygen atoms in total. The molecule has 0 atom stereocenters. The number of benzene rings is 2. The molecule has 2 N–H and O–H groups in total. The molecular formula is C25H27NO3. The molecule has 0 saturated carbocycles. The number of hydrogen-bond acceptors (Lipinski definition) is 4. The van der Waals surface area contributed by atoms with Crippen molar-refractivity contribution >= 4 is 17.0 Å². The van der Waals surface area contributed by atoms with Gasteiger partial charge in [-0.1, -0.05) is 23.8 Å². The highest BCUT2D eigenvalue weighted by atomic mass is 16.5. The lowest BCUT2D eigenvalue weighted by Crippen LogP contribution is -2.45. The minimum Gasteiger partial charge on any atom is -0.504 e. The number of methoxy groups -OCH3 is 1. The molecule has 0 spiro atoms. The molecule has 2 aromatic rings. The molecule has 0 unspecified atom stereocenters. The van der Waals surface area contributed by atoms with Crippen LogP contribution in [-0.4, -0.2) is 17.8 Å². The first-order valence-corrected chi connectivity index (χ1v) is 10.3. The smallest absolute Gasteiger partial charge is 0.172 e. The van der Waals surface area contributed by atoms with Crippen molar-refractivity contribution in [3.63, 3.8) is 0 Å². The molecule has 0 bridgehead atoms. The molecule has 150 valence electrons. The van der Waals surface area contributed by atoms with Crippen molar-refractivity contribution in [3.05, 3.63) is 46.9 Å². The molecule has 0 radical (unpaired) electrons. The van der Waals surface area contributed by atoms with Gasteiger partial charge in [0.2, 0.25) is 0 Å². The Labute approximate surface area is 171 Å². The van der Waals surface area contributed by atoms with Crippen LogP contribution in [0.4, 0.5) is 5.69 Å². The van der Waals surface area contributed by atoms with E-state index in [4.69, 9.17) is 9.47 Å². The molecule has 0 amide bonds. The van der Waals surface area contributed by atoms with Gasteiger partial charge in [0.25, 0.3) is 0 Å². The van der Waals surface area contributed by atoms with E-state index in [1.54, 1.807) is 13.2 Å². The number of phenols is 1. The van der Waals surface area contributed by atoms with Gasteiger partial charge in [-0.3, -0.25) is 0 Å². The van der Waals surface area contributed by atoms with E-state index in [0.717, 1.165) is 52.8 Å². The van der Waals surface area contributed by atoms with Crippen molar-refractivity contribution in [2.45, 2.75) is 45.6 Å². The van der Waals surface area contributed by atoms with E-state index < -0.39 is 0 Å². The summed E-state index contributed by atoms with van der Waals surface area (Å²) in [6.45, 7) is 6.69. The van der Waals surface area contributed by atoms with Gasteiger partial charge in [-0.25, -0.2) is 0 Å². The van der Waals surface area contributed by atoms with E-state index in [-0.39, 0.29) is 11.3 Å². The number of rotatable bonds is 2. The van der Waals surface area contributed by atoms with E-state index >= 15 is 0 Å². The van der Waals surface area contributed by atoms with Gasteiger partial charge in [0.15, 0.2) is 11.5 Å². The molecule has 5 rings (SSSR count). The van der Waals surface area contributed by atoms with Gasteiger partial charge in [-0.2, -0.15) is 0 Å². The molecule has 0 fully saturated rings. The van der Waals surface area contributed by atoms with Crippen LogP contribution in [0.15, 0.2) is 36.4 Å². The summed E-state index contributed by atoms with van der Waals surface area (Å²) in [6.07, 6.45) is 7.42. The van der Waals surface area contributed by atoms with Gasteiger partial charge in [-0.05, 0) is 58.2 Å². The number of nitrogens with one attached hydrogen (secondary N) is 1. The number of allylic oxidation sites excluding steroid dienone is 2. The van der Waals surface area contributed by atoms with E-state index in [9.17, 15) is 5.11 Å². The van der Waals surface area contributed by atoms with E-state index in [1.807, 2.05) is 6.07 Å². The molecule has 0 aromatic heterocycles. The summed E-state index contributed by atoms with van der Waals surface area (Å²) in [6, 6.07) is 7.78. The van der Waals surface area contributed by atoms with Crippen molar-refractivity contribution in [1.82, 2.24) is 0 Å². The van der Waals surface area contributed by atoms with E-state index in [1.165, 1.54) is 10.8 Å². The highest BCUT2D eigenvalue weighted by molar-refractivity contribution is 5.86. The maximum absolute atomic E-state index is 10.4. The number of hydrogen-bond donors (Lipinski definition) is 2. The summed E-state index contributed by atoms with van der Waals surface area (Å²) in [5, 5.41) is 16.5. The topological polar surface area (TPSA) is 50.7 Å². The number of fused-ring (bicyclic) bond motifs is 5. The van der Waals surface area contributed by atoms with Crippen LogP contribution in [-0.2, 0) is 0 Å². The average molecular weight is 389 g/mol. The number of anilines is 1. The third-order valence-corrected chi connectivity index (χ3v) is 6.23. The van der Waals surface area contributed by atoms with Crippen molar-refractivity contribution in [1.29, 1.82) is 0 Å². The number of phenolic OH excluding ortho intramolecular Hbond substituents is 1. The van der Waals surface area contributed by atoms with Crippen LogP contribution in [0.25, 0.3) is 22.5 Å². The lowest BCUT2D eigenvalue weighted by molar-refractivity contribution is 0.369. The second-order valence-electron chi connectivity index (χ2n) is 8.97. The third-order valence-electron chi connectivity index (χ3n) is 6.23. The zero-order chi connectivity index (χ0) is 20.3. The maximum Gasteiger partial charge on any atom is 0.172 e. The van der Waals surface area contributed by atoms with E-state index in [0.29, 0.717) is 11.7 Å². The van der Waals surface area contributed by atoms with Crippen LogP contribution in [0.2, 0.25) is 0 Å². The van der Waals surface area contributed by atoms with Crippen molar-refractivity contribution in [2.75, 3.05) is 12.4 Å². The van der Waals surface area contributed by atoms with Crippen LogP contribution in [0.5, 0.6) is 17.2 Å². The largest absolute Gasteiger partial charge is 0.504 e. The molecule has 2 aromatic carbocycles. The van der Waals surface area contributed by atoms with Gasteiger partial charge >= 0.3 is 0 Å². The zero-order valence-electron chi connectivity index (χ0n) is 17.4. The van der Waals surface area contributed by atoms with Crippen molar-refractivity contribution < 1.29 is 14.6 Å². The summed E-state index contributed by atoms with van der Waals surface area (Å²) < 4.78 is 12.1. The van der Waals surface area contributed by atoms with Crippen LogP contribution in [0, 0.1) is 5.92 Å². The molecule has 0 saturated heterocycles. The summed E-state index contributed by atoms with van der Waals surface area (Å²) in [5.74, 6) is 2.70. The Bertz CT molecular complexity index is 1170. The normalized spacial score (nSPS) is 19.2. The fraction of sp³-hybridized carbons (Fsp3) is 0.360. The van der Waals surface area contributed by atoms with Crippen molar-refractivity contribution in [3.8, 4) is 28.4 Å². The summed E-state index contributed by atoms with van der Waals surface area (Å²) >= 11 is 0. The predicted octanol–water partition coefficient (Wildman–Crippen LogP) is 4.30. The maximum atomic E-state index is 10.4. The Morgan fingerprint density at radius 2 is 1.86 bits per heavy atom. The Hall–Kier alpha value is -2.88. The standard InChI is InChI=1S/C25H27NO3/c1-14-13-25(2,3)26-17-10-9-16-21-19(12-11-18(27)24(21)28-4)29-23(22(16)20(14)17)15-7-5-6-8-15/h5-6,9-12,15,26-27H,7-8,13H2,1-4H3. The first-order chi connectivity index (χ1) is 13.9. The fourth-order valence-corrected chi connectivity index (χ4v) is 5.16. The second-order valence-corrected chi connectivity index (χ2v) is 8.97. The summed E-state index contributed by atoms with van der Waals surface area (Å²) in [4.78, 5) is 0. The average Bonchev–Trinajstić information content (AvgIpc) is 3.20. The Morgan fingerprint density at radius 3 is 2.59 bits per heavy atom. The second kappa shape index (κ2) is 6.31. The minimum atomic E-state index is 0.0176. The van der Waals surface area contributed by atoms with Crippen LogP contribution in [0.3, 0.4) is 0 Å². The van der Waals surface area contributed by atoms with Gasteiger partial charge in [0.05, 0.1) is 12.7 Å². The summed E-state index contributed by atoms with van der Waals surface area (Å²) in [5.41, 5.74) is 4.42. The Kier molecular flexibility index (Phi) is 3.95. The first kappa shape index (κ1) is 18.2. The van der Waals surface area contributed by atoms with Gasteiger partial charge in [0, 0.05) is 33.1 Å². The molecule has 1 aliphatic carbocycles. The van der Waals surface area contributed by atoms with Crippen LogP contribution in [0.1, 0.15) is 40.0 Å². The zero-order valence-corrected chi connectivity index (χ0v) is 17.4. The molecule has 2 heterocycles. The molecule has 4 heteroatoms. The van der Waals surface area contributed by atoms with Gasteiger partial charge in [0.1, 0.15) is 11.5 Å². The van der Waals surface area contributed by atoms with Gasteiger partial charge < -0.3 is 19.9 Å². The quantitative estimate of drug-likeness (QED) is 0.752. The molecule has 29 heavy (non-hydrogen) atoms. The minimum absolute atomic E-state index is 0.0176. The molecular weight excluding hydrogens is 362 g/mol. The fourth-order valence-electron chi connectivity index (χ4n) is 5.16. The highest BCUT2D eigenvalue weighted by Gasteiger charge is 2.32. The number of aromatic hydroxyl groups is 1. The van der Waals surface area contributed by atoms with Crippen LogP contribution < -0.4 is 25.2 Å². The third kappa shape index (κ3) is 2.73. The lowest BCUT2D eigenvalue weighted by atomic mass is 9.85. The van der Waals surface area contributed by atoms with Crippen molar-refractivity contribution in [2.24, 2.45) is 5.92 Å². The monoisotopic (exact) mass is 389 g/mol. The first-order valence-electron chi connectivity index (χ1n) is 10.3. The summed E-state index contributed by atoms with van der Waals surface area (Å²) in [7, 11) is 1.59. The predicted molar refractivity (Wildman–Crippen MR) is 117 cm³/mol. The lowest BCUT2D eigenvalue weighted by Gasteiger charge is -2.34. The van der Waals surface area contributed by atoms with Gasteiger partial charge in [-0.15, -0.1) is 0 Å². The van der Waals surface area contributed by atoms with Crippen LogP contribution >= 0.6 is 0 Å². The molecule has 3 aliphatic rings. The van der Waals surface area contributed by atoms with E-state index in [2.05, 4.69) is 50.4 Å². The Morgan fingerprint density at radius 1 is 1.10 bits per heavy atom. The number of ether oxygens (including phenoxy) is 2. The SMILES string of the molecule is COc1c(O)ccc2c1-c1ccc3c(c1=C(C1CC=CC1)O2)=C(C)CC(C)(C)N3. The Balaban J connectivity index is 1.91. The highest BCUT2D eigenvalue weighted by Crippen LogP contribution is 2.46.